The molecule has 0 amide bonds. The maximum atomic E-state index is 5.40. The average molecular weight is 234 g/mol. The van der Waals surface area contributed by atoms with Crippen molar-refractivity contribution >= 4 is 0 Å². The molecule has 4 saturated heterocycles. The highest BCUT2D eigenvalue weighted by atomic mass is 16.5. The molecular formula is C14H22N2O. The molecule has 0 spiro atoms. The Bertz CT molecular complexity index is 306. The van der Waals surface area contributed by atoms with Gasteiger partial charge in [-0.05, 0) is 38.3 Å². The monoisotopic (exact) mass is 234 g/mol. The maximum Gasteiger partial charge on any atom is 0.0927 e. The van der Waals surface area contributed by atoms with Crippen molar-refractivity contribution in [3.8, 4) is 11.8 Å². The molecule has 0 aromatic carbocycles. The van der Waals surface area contributed by atoms with Crippen LogP contribution in [-0.4, -0.2) is 49.8 Å². The van der Waals surface area contributed by atoms with E-state index in [1.165, 1.54) is 32.4 Å². The van der Waals surface area contributed by atoms with Crippen molar-refractivity contribution in [2.75, 3.05) is 32.8 Å². The highest BCUT2D eigenvalue weighted by Crippen LogP contribution is 2.32. The van der Waals surface area contributed by atoms with E-state index in [2.05, 4.69) is 22.1 Å². The quantitative estimate of drug-likeness (QED) is 0.681. The van der Waals surface area contributed by atoms with Gasteiger partial charge in [-0.3, -0.25) is 10.2 Å². The minimum atomic E-state index is 0.263. The molecule has 17 heavy (non-hydrogen) atoms. The normalized spacial score (nSPS) is 40.7. The lowest BCUT2D eigenvalue weighted by atomic mass is 9.82. The predicted octanol–water partition coefficient (Wildman–Crippen LogP) is 0.853. The van der Waals surface area contributed by atoms with Crippen LogP contribution in [0.25, 0.3) is 0 Å². The third-order valence-electron chi connectivity index (χ3n) is 4.31. The summed E-state index contributed by atoms with van der Waals surface area (Å²) >= 11 is 0. The first-order valence-electron chi connectivity index (χ1n) is 6.95. The Hall–Kier alpha value is -0.560. The van der Waals surface area contributed by atoms with Crippen molar-refractivity contribution in [2.45, 2.75) is 37.8 Å². The third kappa shape index (κ3) is 2.82. The van der Waals surface area contributed by atoms with Gasteiger partial charge in [-0.25, -0.2) is 0 Å². The molecule has 2 unspecified atom stereocenters. The summed E-state index contributed by atoms with van der Waals surface area (Å²) in [7, 11) is 0. The predicted molar refractivity (Wildman–Crippen MR) is 67.7 cm³/mol. The van der Waals surface area contributed by atoms with E-state index in [0.717, 1.165) is 38.1 Å². The number of piperidine rings is 3. The summed E-state index contributed by atoms with van der Waals surface area (Å²) < 4.78 is 5.40. The van der Waals surface area contributed by atoms with Gasteiger partial charge in [-0.1, -0.05) is 11.8 Å². The van der Waals surface area contributed by atoms with Crippen LogP contribution in [0.4, 0.5) is 0 Å². The van der Waals surface area contributed by atoms with Gasteiger partial charge in [0.05, 0.1) is 19.3 Å². The van der Waals surface area contributed by atoms with Crippen LogP contribution in [0, 0.1) is 17.8 Å². The molecule has 4 aliphatic heterocycles. The molecule has 3 nitrogen and oxygen atoms in total. The molecule has 0 saturated carbocycles. The zero-order valence-corrected chi connectivity index (χ0v) is 10.5. The molecule has 0 aromatic heterocycles. The number of ether oxygens (including phenoxy) is 1. The highest BCUT2D eigenvalue weighted by Gasteiger charge is 2.32. The second kappa shape index (κ2) is 5.39. The van der Waals surface area contributed by atoms with Crippen LogP contribution < -0.4 is 5.32 Å². The molecule has 0 aromatic rings. The number of rotatable bonds is 1. The molecule has 3 heteroatoms. The zero-order valence-electron chi connectivity index (χ0n) is 10.5. The van der Waals surface area contributed by atoms with Crippen LogP contribution in [0.2, 0.25) is 0 Å². The number of fused-ring (bicyclic) bond motifs is 3. The van der Waals surface area contributed by atoms with E-state index < -0.39 is 0 Å². The topological polar surface area (TPSA) is 24.5 Å². The van der Waals surface area contributed by atoms with Crippen molar-refractivity contribution < 1.29 is 4.74 Å². The molecule has 94 valence electrons. The summed E-state index contributed by atoms with van der Waals surface area (Å²) in [6, 6.07) is 0.999. The van der Waals surface area contributed by atoms with E-state index in [1.54, 1.807) is 0 Å². The molecule has 2 bridgehead atoms. The smallest absolute Gasteiger partial charge is 0.0927 e. The Kier molecular flexibility index (Phi) is 3.65. The van der Waals surface area contributed by atoms with Crippen LogP contribution in [0.15, 0.2) is 0 Å². The van der Waals surface area contributed by atoms with Crippen LogP contribution in [-0.2, 0) is 4.74 Å². The fourth-order valence-electron chi connectivity index (χ4n) is 3.26. The van der Waals surface area contributed by atoms with E-state index in [9.17, 15) is 0 Å². The zero-order chi connectivity index (χ0) is 11.5. The summed E-state index contributed by atoms with van der Waals surface area (Å²) in [4.78, 5) is 2.64. The first-order chi connectivity index (χ1) is 8.42. The lowest BCUT2D eigenvalue weighted by molar-refractivity contribution is 0.0522. The summed E-state index contributed by atoms with van der Waals surface area (Å²) in [6.07, 6.45) is 5.27. The molecular weight excluding hydrogens is 212 g/mol. The summed E-state index contributed by atoms with van der Waals surface area (Å²) in [5, 5.41) is 3.38. The van der Waals surface area contributed by atoms with Gasteiger partial charge in [0.1, 0.15) is 0 Å². The standard InChI is InChI=1S/C14H22N2O/c1(2-13-11-17-9-6-15-13)3-14-10-12-4-7-16(14)8-5-12/h12-15H,3-11H2. The van der Waals surface area contributed by atoms with Crippen molar-refractivity contribution in [1.29, 1.82) is 0 Å². The Morgan fingerprint density at radius 3 is 2.82 bits per heavy atom. The minimum Gasteiger partial charge on any atom is -0.377 e. The summed E-state index contributed by atoms with van der Waals surface area (Å²) in [5.74, 6) is 7.68. The molecule has 4 fully saturated rings. The molecule has 4 rings (SSSR count). The van der Waals surface area contributed by atoms with E-state index in [1.807, 2.05) is 0 Å². The second-order valence-corrected chi connectivity index (χ2v) is 5.48. The van der Waals surface area contributed by atoms with Crippen LogP contribution >= 0.6 is 0 Å². The van der Waals surface area contributed by atoms with E-state index >= 15 is 0 Å². The molecule has 4 heterocycles. The number of nitrogens with one attached hydrogen (secondary N) is 1. The molecule has 0 aliphatic carbocycles. The van der Waals surface area contributed by atoms with Crippen molar-refractivity contribution in [2.24, 2.45) is 5.92 Å². The van der Waals surface area contributed by atoms with Gasteiger partial charge in [0.25, 0.3) is 0 Å². The fraction of sp³-hybridized carbons (Fsp3) is 0.857. The van der Waals surface area contributed by atoms with Gasteiger partial charge in [0, 0.05) is 19.0 Å². The number of hydrogen-bond donors (Lipinski definition) is 1. The SMILES string of the molecule is C(#CC1COCCN1)CC1CC2CCN1CC2. The van der Waals surface area contributed by atoms with Crippen LogP contribution in [0.1, 0.15) is 25.7 Å². The van der Waals surface area contributed by atoms with Crippen LogP contribution in [0.3, 0.4) is 0 Å². The fourth-order valence-corrected chi connectivity index (χ4v) is 3.26. The molecule has 0 radical (unpaired) electrons. The molecule has 4 aliphatic rings. The van der Waals surface area contributed by atoms with Crippen molar-refractivity contribution in [3.05, 3.63) is 0 Å². The maximum absolute atomic E-state index is 5.40. The first-order valence-corrected chi connectivity index (χ1v) is 6.95. The van der Waals surface area contributed by atoms with Crippen molar-refractivity contribution in [3.63, 3.8) is 0 Å². The minimum absolute atomic E-state index is 0.263. The highest BCUT2D eigenvalue weighted by molar-refractivity contribution is 5.10. The Morgan fingerprint density at radius 2 is 2.18 bits per heavy atom. The van der Waals surface area contributed by atoms with Gasteiger partial charge >= 0.3 is 0 Å². The number of nitrogens with zero attached hydrogens (tertiary/aromatic N) is 1. The van der Waals surface area contributed by atoms with Gasteiger partial charge in [-0.15, -0.1) is 0 Å². The Morgan fingerprint density at radius 1 is 1.29 bits per heavy atom. The Balaban J connectivity index is 1.49. The summed E-state index contributed by atoms with van der Waals surface area (Å²) in [5.41, 5.74) is 0. The molecule has 1 N–H and O–H groups in total. The Labute approximate surface area is 104 Å². The van der Waals surface area contributed by atoms with Crippen LogP contribution in [0.5, 0.6) is 0 Å². The van der Waals surface area contributed by atoms with E-state index in [0.29, 0.717) is 0 Å². The van der Waals surface area contributed by atoms with Gasteiger partial charge < -0.3 is 4.74 Å². The average Bonchev–Trinajstić information content (AvgIpc) is 2.41. The van der Waals surface area contributed by atoms with Gasteiger partial charge in [0.2, 0.25) is 0 Å². The van der Waals surface area contributed by atoms with Gasteiger partial charge in [0.15, 0.2) is 0 Å². The van der Waals surface area contributed by atoms with Crippen molar-refractivity contribution in [1.82, 2.24) is 10.2 Å². The first kappa shape index (κ1) is 11.5. The van der Waals surface area contributed by atoms with Gasteiger partial charge in [-0.2, -0.15) is 0 Å². The lowest BCUT2D eigenvalue weighted by Crippen LogP contribution is -2.48. The number of hydrogen-bond acceptors (Lipinski definition) is 3. The number of morpholine rings is 1. The van der Waals surface area contributed by atoms with E-state index in [4.69, 9.17) is 4.74 Å². The molecule has 2 atom stereocenters. The second-order valence-electron chi connectivity index (χ2n) is 5.48. The largest absolute Gasteiger partial charge is 0.377 e. The lowest BCUT2D eigenvalue weighted by Gasteiger charge is -2.44. The third-order valence-corrected chi connectivity index (χ3v) is 4.31. The van der Waals surface area contributed by atoms with E-state index in [-0.39, 0.29) is 6.04 Å². The summed E-state index contributed by atoms with van der Waals surface area (Å²) in [6.45, 7) is 5.14.